The predicted octanol–water partition coefficient (Wildman–Crippen LogP) is 5.62. The Hall–Kier alpha value is -3.18. The summed E-state index contributed by atoms with van der Waals surface area (Å²) in [6.07, 6.45) is 1.79. The Kier molecular flexibility index (Phi) is 5.31. The van der Waals surface area contributed by atoms with Crippen LogP contribution in [0, 0.1) is 13.8 Å². The summed E-state index contributed by atoms with van der Waals surface area (Å²) in [7, 11) is -3.26. The molecule has 0 saturated heterocycles. The maximum Gasteiger partial charge on any atom is 0.199 e. The van der Waals surface area contributed by atoms with Gasteiger partial charge < -0.3 is 4.42 Å². The minimum atomic E-state index is -3.26. The molecule has 1 aromatic heterocycles. The Morgan fingerprint density at radius 1 is 0.900 bits per heavy atom. The van der Waals surface area contributed by atoms with Crippen LogP contribution in [-0.2, 0) is 16.3 Å². The molecule has 0 aliphatic heterocycles. The zero-order chi connectivity index (χ0) is 21.3. The molecule has 30 heavy (non-hydrogen) atoms. The molecule has 4 nitrogen and oxygen atoms in total. The molecule has 4 aromatic rings. The van der Waals surface area contributed by atoms with Crippen LogP contribution in [0.1, 0.15) is 22.6 Å². The highest BCUT2D eigenvalue weighted by atomic mass is 32.2. The summed E-state index contributed by atoms with van der Waals surface area (Å²) in [6, 6.07) is 23.1. The van der Waals surface area contributed by atoms with E-state index in [2.05, 4.69) is 18.2 Å². The van der Waals surface area contributed by atoms with E-state index in [1.54, 1.807) is 24.3 Å². The summed E-state index contributed by atoms with van der Waals surface area (Å²) < 4.78 is 29.9. The van der Waals surface area contributed by atoms with Crippen molar-refractivity contribution in [2.75, 3.05) is 6.26 Å². The van der Waals surface area contributed by atoms with Gasteiger partial charge in [-0.1, -0.05) is 60.2 Å². The monoisotopic (exact) mass is 417 g/mol. The minimum absolute atomic E-state index is 0.285. The summed E-state index contributed by atoms with van der Waals surface area (Å²) >= 11 is 0. The van der Waals surface area contributed by atoms with Crippen molar-refractivity contribution in [3.8, 4) is 22.6 Å². The van der Waals surface area contributed by atoms with E-state index in [0.29, 0.717) is 18.1 Å². The number of aryl methyl sites for hydroxylation is 2. The van der Waals surface area contributed by atoms with Crippen LogP contribution in [0.2, 0.25) is 0 Å². The molecule has 0 N–H and O–H groups in total. The molecule has 0 radical (unpaired) electrons. The van der Waals surface area contributed by atoms with E-state index in [1.165, 1.54) is 6.26 Å². The van der Waals surface area contributed by atoms with Gasteiger partial charge in [0.25, 0.3) is 0 Å². The average molecular weight is 418 g/mol. The molecule has 3 aromatic carbocycles. The van der Waals surface area contributed by atoms with Crippen LogP contribution in [0.3, 0.4) is 0 Å². The second-order valence-corrected chi connectivity index (χ2v) is 9.58. The summed E-state index contributed by atoms with van der Waals surface area (Å²) in [4.78, 5) is 5.08. The second kappa shape index (κ2) is 7.92. The largest absolute Gasteiger partial charge is 0.440 e. The molecule has 0 bridgehead atoms. The standard InChI is InChI=1S/C25H23NO3S/c1-17-9-10-18(2)22(15-17)25-24(20-11-13-21(14-12-20)30(3,27)28)26-23(29-25)16-19-7-5-4-6-8-19/h4-15H,16H2,1-3H3. The lowest BCUT2D eigenvalue weighted by atomic mass is 10.00. The van der Waals surface area contributed by atoms with Gasteiger partial charge in [0.2, 0.25) is 0 Å². The first-order valence-electron chi connectivity index (χ1n) is 9.73. The van der Waals surface area contributed by atoms with Crippen molar-refractivity contribution >= 4 is 9.84 Å². The quantitative estimate of drug-likeness (QED) is 0.423. The van der Waals surface area contributed by atoms with Gasteiger partial charge in [-0.2, -0.15) is 0 Å². The molecule has 0 atom stereocenters. The first-order chi connectivity index (χ1) is 14.3. The van der Waals surface area contributed by atoms with Gasteiger partial charge in [-0.3, -0.25) is 0 Å². The molecular weight excluding hydrogens is 394 g/mol. The van der Waals surface area contributed by atoms with Gasteiger partial charge in [-0.05, 0) is 43.2 Å². The number of aromatic nitrogens is 1. The summed E-state index contributed by atoms with van der Waals surface area (Å²) in [5.74, 6) is 1.33. The van der Waals surface area contributed by atoms with Gasteiger partial charge in [-0.15, -0.1) is 0 Å². The number of benzene rings is 3. The molecule has 152 valence electrons. The molecule has 0 spiro atoms. The van der Waals surface area contributed by atoms with E-state index >= 15 is 0 Å². The SMILES string of the molecule is Cc1ccc(C)c(-c2oc(Cc3ccccc3)nc2-c2ccc(S(C)(=O)=O)cc2)c1. The first kappa shape index (κ1) is 20.1. The minimum Gasteiger partial charge on any atom is -0.440 e. The number of oxazole rings is 1. The Morgan fingerprint density at radius 2 is 1.60 bits per heavy atom. The van der Waals surface area contributed by atoms with Crippen LogP contribution in [0.4, 0.5) is 0 Å². The molecule has 4 rings (SSSR count). The van der Waals surface area contributed by atoms with Crippen molar-refractivity contribution < 1.29 is 12.8 Å². The second-order valence-electron chi connectivity index (χ2n) is 7.56. The van der Waals surface area contributed by atoms with E-state index in [0.717, 1.165) is 33.5 Å². The van der Waals surface area contributed by atoms with Crippen molar-refractivity contribution in [3.05, 3.63) is 95.4 Å². The Balaban J connectivity index is 1.84. The highest BCUT2D eigenvalue weighted by Crippen LogP contribution is 2.36. The molecule has 0 unspecified atom stereocenters. The molecule has 1 heterocycles. The van der Waals surface area contributed by atoms with E-state index in [-0.39, 0.29) is 4.90 Å². The van der Waals surface area contributed by atoms with Crippen molar-refractivity contribution in [2.24, 2.45) is 0 Å². The third-order valence-electron chi connectivity index (χ3n) is 5.06. The number of sulfone groups is 1. The first-order valence-corrected chi connectivity index (χ1v) is 11.6. The Labute approximate surface area is 177 Å². The Morgan fingerprint density at radius 3 is 2.27 bits per heavy atom. The highest BCUT2D eigenvalue weighted by Gasteiger charge is 2.19. The molecule has 0 amide bonds. The lowest BCUT2D eigenvalue weighted by Gasteiger charge is -2.07. The van der Waals surface area contributed by atoms with Gasteiger partial charge in [0, 0.05) is 23.8 Å². The topological polar surface area (TPSA) is 60.2 Å². The molecule has 0 aliphatic rings. The molecule has 0 aliphatic carbocycles. The van der Waals surface area contributed by atoms with E-state index in [9.17, 15) is 8.42 Å². The van der Waals surface area contributed by atoms with Gasteiger partial charge in [0.1, 0.15) is 5.69 Å². The maximum atomic E-state index is 11.8. The number of nitrogens with zero attached hydrogens (tertiary/aromatic N) is 1. The summed E-state index contributed by atoms with van der Waals surface area (Å²) in [6.45, 7) is 4.09. The predicted molar refractivity (Wildman–Crippen MR) is 119 cm³/mol. The van der Waals surface area contributed by atoms with Gasteiger partial charge in [0.15, 0.2) is 21.5 Å². The lowest BCUT2D eigenvalue weighted by molar-refractivity contribution is 0.519. The van der Waals surface area contributed by atoms with Gasteiger partial charge in [-0.25, -0.2) is 13.4 Å². The summed E-state index contributed by atoms with van der Waals surface area (Å²) in [5.41, 5.74) is 5.87. The van der Waals surface area contributed by atoms with E-state index in [1.807, 2.05) is 44.2 Å². The molecule has 0 fully saturated rings. The van der Waals surface area contributed by atoms with Crippen LogP contribution < -0.4 is 0 Å². The highest BCUT2D eigenvalue weighted by molar-refractivity contribution is 7.90. The van der Waals surface area contributed by atoms with Crippen molar-refractivity contribution in [1.82, 2.24) is 4.98 Å². The van der Waals surface area contributed by atoms with Crippen LogP contribution in [0.25, 0.3) is 22.6 Å². The van der Waals surface area contributed by atoms with Crippen LogP contribution in [0.5, 0.6) is 0 Å². The third-order valence-corrected chi connectivity index (χ3v) is 6.19. The third kappa shape index (κ3) is 4.21. The molecule has 5 heteroatoms. The van der Waals surface area contributed by atoms with E-state index < -0.39 is 9.84 Å². The average Bonchev–Trinajstić information content (AvgIpc) is 3.13. The maximum absolute atomic E-state index is 11.8. The Bertz CT molecular complexity index is 1290. The fourth-order valence-corrected chi connectivity index (χ4v) is 4.06. The van der Waals surface area contributed by atoms with Gasteiger partial charge in [0.05, 0.1) is 4.90 Å². The fraction of sp³-hybridized carbons (Fsp3) is 0.160. The molecular formula is C25H23NO3S. The van der Waals surface area contributed by atoms with Crippen LogP contribution >= 0.6 is 0 Å². The fourth-order valence-electron chi connectivity index (χ4n) is 3.43. The van der Waals surface area contributed by atoms with Crippen LogP contribution in [0.15, 0.2) is 82.1 Å². The number of hydrogen-bond donors (Lipinski definition) is 0. The van der Waals surface area contributed by atoms with Gasteiger partial charge >= 0.3 is 0 Å². The van der Waals surface area contributed by atoms with Crippen LogP contribution in [-0.4, -0.2) is 19.7 Å². The number of rotatable bonds is 5. The lowest BCUT2D eigenvalue weighted by Crippen LogP contribution is -1.96. The molecule has 0 saturated carbocycles. The van der Waals surface area contributed by atoms with Crippen molar-refractivity contribution in [2.45, 2.75) is 25.2 Å². The van der Waals surface area contributed by atoms with Crippen molar-refractivity contribution in [3.63, 3.8) is 0 Å². The smallest absolute Gasteiger partial charge is 0.199 e. The zero-order valence-electron chi connectivity index (χ0n) is 17.2. The zero-order valence-corrected chi connectivity index (χ0v) is 18.0. The van der Waals surface area contributed by atoms with Crippen molar-refractivity contribution in [1.29, 1.82) is 0 Å². The normalized spacial score (nSPS) is 11.6. The number of hydrogen-bond acceptors (Lipinski definition) is 4. The van der Waals surface area contributed by atoms with E-state index in [4.69, 9.17) is 9.40 Å². The summed E-state index contributed by atoms with van der Waals surface area (Å²) in [5, 5.41) is 0.